The summed E-state index contributed by atoms with van der Waals surface area (Å²) in [7, 11) is 1.52. The van der Waals surface area contributed by atoms with Crippen LogP contribution in [0.2, 0.25) is 5.02 Å². The first-order valence-corrected chi connectivity index (χ1v) is 6.83. The fourth-order valence-electron chi connectivity index (χ4n) is 2.03. The van der Waals surface area contributed by atoms with Crippen molar-refractivity contribution in [3.8, 4) is 5.75 Å². The Morgan fingerprint density at radius 2 is 2.00 bits per heavy atom. The van der Waals surface area contributed by atoms with Crippen molar-refractivity contribution in [3.05, 3.63) is 64.7 Å². The summed E-state index contributed by atoms with van der Waals surface area (Å²) in [5.41, 5.74) is 1.60. The summed E-state index contributed by atoms with van der Waals surface area (Å²) >= 11 is 6.05. The van der Waals surface area contributed by atoms with Gasteiger partial charge >= 0.3 is 5.97 Å². The first-order chi connectivity index (χ1) is 10.1. The van der Waals surface area contributed by atoms with E-state index in [0.29, 0.717) is 22.9 Å². The smallest absolute Gasteiger partial charge is 0.325 e. The summed E-state index contributed by atoms with van der Waals surface area (Å²) in [5.74, 6) is -0.431. The lowest BCUT2D eigenvalue weighted by Gasteiger charge is -2.16. The second kappa shape index (κ2) is 7.11. The van der Waals surface area contributed by atoms with Gasteiger partial charge in [-0.05, 0) is 23.3 Å². The van der Waals surface area contributed by atoms with Gasteiger partial charge in [-0.3, -0.25) is 10.1 Å². The number of carboxylic acids is 1. The van der Waals surface area contributed by atoms with E-state index in [9.17, 15) is 9.90 Å². The third-order valence-electron chi connectivity index (χ3n) is 3.11. The van der Waals surface area contributed by atoms with Gasteiger partial charge in [0.2, 0.25) is 0 Å². The average Bonchev–Trinajstić information content (AvgIpc) is 2.48. The van der Waals surface area contributed by atoms with Crippen LogP contribution in [0.3, 0.4) is 0 Å². The molecule has 4 nitrogen and oxygen atoms in total. The van der Waals surface area contributed by atoms with Crippen LogP contribution in [-0.4, -0.2) is 18.2 Å². The number of carboxylic acid groups (broad SMARTS) is 1. The van der Waals surface area contributed by atoms with Crippen LogP contribution in [0.15, 0.2) is 48.5 Å². The largest absolute Gasteiger partial charge is 0.495 e. The number of carbonyl (C=O) groups is 1. The zero-order chi connectivity index (χ0) is 15.2. The van der Waals surface area contributed by atoms with Gasteiger partial charge in [-0.2, -0.15) is 0 Å². The van der Waals surface area contributed by atoms with Gasteiger partial charge in [0.1, 0.15) is 11.8 Å². The molecule has 0 aromatic heterocycles. The van der Waals surface area contributed by atoms with E-state index in [4.69, 9.17) is 16.3 Å². The minimum Gasteiger partial charge on any atom is -0.495 e. The van der Waals surface area contributed by atoms with Gasteiger partial charge in [0.05, 0.1) is 12.1 Å². The van der Waals surface area contributed by atoms with Crippen LogP contribution >= 0.6 is 11.6 Å². The number of aliphatic carboxylic acids is 1. The summed E-state index contributed by atoms with van der Waals surface area (Å²) in [6, 6.07) is 13.8. The molecule has 0 aliphatic rings. The molecule has 0 fully saturated rings. The van der Waals surface area contributed by atoms with E-state index in [2.05, 4.69) is 5.32 Å². The van der Waals surface area contributed by atoms with Crippen LogP contribution < -0.4 is 10.1 Å². The molecule has 0 aliphatic heterocycles. The Bertz CT molecular complexity index is 616. The lowest BCUT2D eigenvalue weighted by Crippen LogP contribution is -2.28. The predicted molar refractivity (Wildman–Crippen MR) is 81.7 cm³/mol. The topological polar surface area (TPSA) is 58.6 Å². The molecule has 0 saturated heterocycles. The number of methoxy groups -OCH3 is 1. The van der Waals surface area contributed by atoms with Crippen LogP contribution in [0.25, 0.3) is 0 Å². The lowest BCUT2D eigenvalue weighted by atomic mass is 10.1. The molecule has 2 rings (SSSR count). The summed E-state index contributed by atoms with van der Waals surface area (Å²) in [5, 5.41) is 12.8. The van der Waals surface area contributed by atoms with Crippen molar-refractivity contribution < 1.29 is 14.6 Å². The van der Waals surface area contributed by atoms with Gasteiger partial charge in [-0.25, -0.2) is 0 Å². The molecule has 5 heteroatoms. The Morgan fingerprint density at radius 1 is 1.29 bits per heavy atom. The van der Waals surface area contributed by atoms with Gasteiger partial charge in [-0.15, -0.1) is 0 Å². The molecule has 0 spiro atoms. The Balaban J connectivity index is 2.15. The molecule has 2 N–H and O–H groups in total. The SMILES string of the molecule is COc1ccc(C(NCc2ccccc2)C(=O)O)cc1Cl. The van der Waals surface area contributed by atoms with Crippen molar-refractivity contribution in [1.82, 2.24) is 5.32 Å². The van der Waals surface area contributed by atoms with E-state index in [1.165, 1.54) is 7.11 Å². The molecule has 110 valence electrons. The Kier molecular flexibility index (Phi) is 5.20. The van der Waals surface area contributed by atoms with Crippen molar-refractivity contribution in [1.29, 1.82) is 0 Å². The van der Waals surface area contributed by atoms with Crippen LogP contribution in [0.5, 0.6) is 5.75 Å². The zero-order valence-electron chi connectivity index (χ0n) is 11.5. The first-order valence-electron chi connectivity index (χ1n) is 6.45. The highest BCUT2D eigenvalue weighted by Crippen LogP contribution is 2.27. The summed E-state index contributed by atoms with van der Waals surface area (Å²) in [6.45, 7) is 0.460. The third-order valence-corrected chi connectivity index (χ3v) is 3.40. The van der Waals surface area contributed by atoms with Crippen molar-refractivity contribution in [3.63, 3.8) is 0 Å². The van der Waals surface area contributed by atoms with Crippen LogP contribution in [0, 0.1) is 0 Å². The standard InChI is InChI=1S/C16H16ClNO3/c1-21-14-8-7-12(9-13(14)17)15(16(19)20)18-10-11-5-3-2-4-6-11/h2-9,15,18H,10H2,1H3,(H,19,20). The van der Waals surface area contributed by atoms with Gasteiger partial charge in [0.15, 0.2) is 0 Å². The van der Waals surface area contributed by atoms with Crippen molar-refractivity contribution in [2.75, 3.05) is 7.11 Å². The van der Waals surface area contributed by atoms with Crippen LogP contribution in [0.1, 0.15) is 17.2 Å². The molecular weight excluding hydrogens is 290 g/mol. The third kappa shape index (κ3) is 3.97. The van der Waals surface area contributed by atoms with E-state index >= 15 is 0 Å². The number of rotatable bonds is 6. The first kappa shape index (κ1) is 15.4. The Morgan fingerprint density at radius 3 is 2.57 bits per heavy atom. The average molecular weight is 306 g/mol. The molecule has 0 radical (unpaired) electrons. The molecule has 2 aromatic carbocycles. The van der Waals surface area contributed by atoms with E-state index in [0.717, 1.165) is 5.56 Å². The molecule has 0 saturated carbocycles. The minimum absolute atomic E-state index is 0.391. The Hall–Kier alpha value is -2.04. The molecule has 0 amide bonds. The van der Waals surface area contributed by atoms with E-state index < -0.39 is 12.0 Å². The fraction of sp³-hybridized carbons (Fsp3) is 0.188. The maximum Gasteiger partial charge on any atom is 0.325 e. The van der Waals surface area contributed by atoms with Gasteiger partial charge < -0.3 is 9.84 Å². The molecular formula is C16H16ClNO3. The zero-order valence-corrected chi connectivity index (χ0v) is 12.3. The van der Waals surface area contributed by atoms with Crippen molar-refractivity contribution in [2.24, 2.45) is 0 Å². The van der Waals surface area contributed by atoms with E-state index in [1.807, 2.05) is 30.3 Å². The van der Waals surface area contributed by atoms with Gasteiger partial charge in [0.25, 0.3) is 0 Å². The number of hydrogen-bond donors (Lipinski definition) is 2. The fourth-order valence-corrected chi connectivity index (χ4v) is 2.29. The second-order valence-corrected chi connectivity index (χ2v) is 4.94. The van der Waals surface area contributed by atoms with Crippen LogP contribution in [-0.2, 0) is 11.3 Å². The maximum absolute atomic E-state index is 11.5. The summed E-state index contributed by atoms with van der Waals surface area (Å²) in [4.78, 5) is 11.5. The minimum atomic E-state index is -0.952. The summed E-state index contributed by atoms with van der Waals surface area (Å²) < 4.78 is 5.07. The molecule has 0 bridgehead atoms. The molecule has 21 heavy (non-hydrogen) atoms. The monoisotopic (exact) mass is 305 g/mol. The van der Waals surface area contributed by atoms with Crippen molar-refractivity contribution in [2.45, 2.75) is 12.6 Å². The number of ether oxygens (including phenoxy) is 1. The number of hydrogen-bond acceptors (Lipinski definition) is 3. The predicted octanol–water partition coefficient (Wildman–Crippen LogP) is 3.26. The van der Waals surface area contributed by atoms with Gasteiger partial charge in [0, 0.05) is 6.54 Å². The number of halogens is 1. The van der Waals surface area contributed by atoms with Crippen LogP contribution in [0.4, 0.5) is 0 Å². The molecule has 1 atom stereocenters. The number of nitrogens with one attached hydrogen (secondary N) is 1. The van der Waals surface area contributed by atoms with E-state index in [-0.39, 0.29) is 0 Å². The highest BCUT2D eigenvalue weighted by Gasteiger charge is 2.20. The molecule has 1 unspecified atom stereocenters. The Labute approximate surface area is 128 Å². The highest BCUT2D eigenvalue weighted by atomic mass is 35.5. The normalized spacial score (nSPS) is 11.9. The van der Waals surface area contributed by atoms with Gasteiger partial charge in [-0.1, -0.05) is 48.0 Å². The van der Waals surface area contributed by atoms with Crippen molar-refractivity contribution >= 4 is 17.6 Å². The second-order valence-electron chi connectivity index (χ2n) is 4.53. The molecule has 2 aromatic rings. The summed E-state index contributed by atoms with van der Waals surface area (Å²) in [6.07, 6.45) is 0. The highest BCUT2D eigenvalue weighted by molar-refractivity contribution is 6.32. The molecule has 0 aliphatic carbocycles. The maximum atomic E-state index is 11.5. The van der Waals surface area contributed by atoms with E-state index in [1.54, 1.807) is 18.2 Å². The lowest BCUT2D eigenvalue weighted by molar-refractivity contribution is -0.139. The molecule has 0 heterocycles. The quantitative estimate of drug-likeness (QED) is 0.860. The number of benzene rings is 2.